The Morgan fingerprint density at radius 2 is 1.64 bits per heavy atom. The van der Waals surface area contributed by atoms with Crippen LogP contribution in [0.3, 0.4) is 0 Å². The van der Waals surface area contributed by atoms with Crippen molar-refractivity contribution in [2.24, 2.45) is 0 Å². The van der Waals surface area contributed by atoms with E-state index in [2.05, 4.69) is 19.9 Å². The lowest BCUT2D eigenvalue weighted by Crippen LogP contribution is -2.53. The number of rotatable bonds is 7. The van der Waals surface area contributed by atoms with Crippen molar-refractivity contribution in [3.05, 3.63) is 53.2 Å². The van der Waals surface area contributed by atoms with Gasteiger partial charge in [0.15, 0.2) is 0 Å². The molecule has 4 rings (SSSR count). The summed E-state index contributed by atoms with van der Waals surface area (Å²) >= 11 is 6.31. The van der Waals surface area contributed by atoms with E-state index in [9.17, 15) is 30.7 Å². The van der Waals surface area contributed by atoms with Gasteiger partial charge >= 0.3 is 18.0 Å². The van der Waals surface area contributed by atoms with Gasteiger partial charge < -0.3 is 20.4 Å². The van der Waals surface area contributed by atoms with Crippen LogP contribution in [0.4, 0.5) is 60.1 Å². The fourth-order valence-corrected chi connectivity index (χ4v) is 4.99. The van der Waals surface area contributed by atoms with Crippen molar-refractivity contribution in [2.75, 3.05) is 40.1 Å². The van der Waals surface area contributed by atoms with Gasteiger partial charge in [0.2, 0.25) is 17.8 Å². The first kappa shape index (κ1) is 31.3. The van der Waals surface area contributed by atoms with Crippen molar-refractivity contribution in [2.45, 2.75) is 57.3 Å². The van der Waals surface area contributed by atoms with Gasteiger partial charge in [0.1, 0.15) is 5.82 Å². The van der Waals surface area contributed by atoms with Crippen molar-refractivity contribution in [1.29, 1.82) is 0 Å². The molecule has 16 heteroatoms. The number of nitrogens with two attached hydrogens (primary N) is 1. The van der Waals surface area contributed by atoms with E-state index in [1.54, 1.807) is 25.3 Å². The average Bonchev–Trinajstić information content (AvgIpc) is 2.91. The summed E-state index contributed by atoms with van der Waals surface area (Å²) in [6.45, 7) is 7.04. The van der Waals surface area contributed by atoms with Crippen LogP contribution in [0, 0.1) is 0 Å². The largest absolute Gasteiger partial charge is 0.435 e. The molecular weight excluding hydrogens is 593 g/mol. The molecule has 3 aromatic rings. The Hall–Kier alpha value is -3.62. The monoisotopic (exact) mass is 620 g/mol. The minimum atomic E-state index is -6.22. The van der Waals surface area contributed by atoms with Crippen LogP contribution in [0.15, 0.2) is 42.6 Å². The Morgan fingerprint density at radius 3 is 2.19 bits per heavy atom. The van der Waals surface area contributed by atoms with Crippen molar-refractivity contribution < 1.29 is 30.7 Å². The summed E-state index contributed by atoms with van der Waals surface area (Å²) < 4.78 is 94.2. The first-order chi connectivity index (χ1) is 19.6. The minimum absolute atomic E-state index is 0.0279. The van der Waals surface area contributed by atoms with Gasteiger partial charge in [0, 0.05) is 49.2 Å². The van der Waals surface area contributed by atoms with E-state index in [1.807, 2.05) is 23.6 Å². The second-order valence-corrected chi connectivity index (χ2v) is 10.3. The molecule has 1 aromatic carbocycles. The Morgan fingerprint density at radius 1 is 1.00 bits per heavy atom. The smallest absolute Gasteiger partial charge is 0.368 e. The molecule has 0 saturated carbocycles. The molecule has 0 radical (unpaired) electrons. The maximum atomic E-state index is 14.6. The third-order valence-electron chi connectivity index (χ3n) is 7.12. The van der Waals surface area contributed by atoms with Gasteiger partial charge in [-0.2, -0.15) is 41.3 Å². The molecule has 42 heavy (non-hydrogen) atoms. The zero-order valence-electron chi connectivity index (χ0n) is 22.8. The Labute approximate surface area is 242 Å². The van der Waals surface area contributed by atoms with Crippen molar-refractivity contribution in [1.82, 2.24) is 19.9 Å². The molecule has 1 saturated heterocycles. The highest BCUT2D eigenvalue weighted by atomic mass is 35.5. The van der Waals surface area contributed by atoms with Crippen LogP contribution in [0.1, 0.15) is 32.8 Å². The molecular formula is C26H28ClF7N8. The lowest BCUT2D eigenvalue weighted by atomic mass is 9.94. The molecule has 0 aliphatic carbocycles. The summed E-state index contributed by atoms with van der Waals surface area (Å²) in [7, 11) is 0. The highest BCUT2D eigenvalue weighted by Gasteiger charge is 2.73. The van der Waals surface area contributed by atoms with E-state index >= 15 is 0 Å². The Balaban J connectivity index is 1.67. The number of anilines is 5. The third kappa shape index (κ3) is 5.83. The topological polar surface area (TPSA) is 87.3 Å². The molecule has 2 unspecified atom stereocenters. The number of pyridine rings is 1. The maximum absolute atomic E-state index is 14.6. The molecule has 228 valence electrons. The summed E-state index contributed by atoms with van der Waals surface area (Å²) in [6.07, 6.45) is -10.3. The number of alkyl halides is 7. The first-order valence-electron chi connectivity index (χ1n) is 12.9. The second kappa shape index (κ2) is 11.6. The molecule has 2 atom stereocenters. The highest BCUT2D eigenvalue weighted by molar-refractivity contribution is 6.32. The fraction of sp³-hybridized carbons (Fsp3) is 0.462. The molecule has 2 aromatic heterocycles. The van der Waals surface area contributed by atoms with Gasteiger partial charge in [0.05, 0.1) is 5.02 Å². The van der Waals surface area contributed by atoms with Gasteiger partial charge in [-0.15, -0.1) is 0 Å². The summed E-state index contributed by atoms with van der Waals surface area (Å²) in [5.74, 6) is 0.763. The quantitative estimate of drug-likeness (QED) is 0.302. The SMILES string of the molecule is CCC(C)N(c1ccc(C(F)(C(F)(F)F)C(F)(F)F)cc1)c1nc(N)nc(N2CCN(c3ncccc3Cl)CC2C)n1. The molecule has 2 N–H and O–H groups in total. The average molecular weight is 621 g/mol. The number of benzene rings is 1. The molecule has 0 amide bonds. The first-order valence-corrected chi connectivity index (χ1v) is 13.3. The van der Waals surface area contributed by atoms with Crippen molar-refractivity contribution in [3.8, 4) is 0 Å². The third-order valence-corrected chi connectivity index (χ3v) is 7.42. The summed E-state index contributed by atoms with van der Waals surface area (Å²) in [5, 5.41) is 0.510. The number of nitrogen functional groups attached to an aromatic ring is 1. The fourth-order valence-electron chi connectivity index (χ4n) is 4.75. The van der Waals surface area contributed by atoms with Crippen LogP contribution in [-0.4, -0.2) is 64.0 Å². The maximum Gasteiger partial charge on any atom is 0.435 e. The normalized spacial score (nSPS) is 17.4. The number of hydrogen-bond donors (Lipinski definition) is 1. The minimum Gasteiger partial charge on any atom is -0.368 e. The Bertz CT molecular complexity index is 1370. The van der Waals surface area contributed by atoms with Gasteiger partial charge in [-0.3, -0.25) is 0 Å². The zero-order chi connectivity index (χ0) is 31.0. The second-order valence-electron chi connectivity index (χ2n) is 9.92. The summed E-state index contributed by atoms with van der Waals surface area (Å²) in [4.78, 5) is 22.8. The predicted octanol–water partition coefficient (Wildman–Crippen LogP) is 6.44. The highest BCUT2D eigenvalue weighted by Crippen LogP contribution is 2.53. The van der Waals surface area contributed by atoms with Crippen LogP contribution in [0.5, 0.6) is 0 Å². The Kier molecular flexibility index (Phi) is 8.63. The molecule has 0 bridgehead atoms. The summed E-state index contributed by atoms with van der Waals surface area (Å²) in [6, 6.07) is 5.81. The molecule has 1 fully saturated rings. The van der Waals surface area contributed by atoms with Gasteiger partial charge in [-0.05, 0) is 44.5 Å². The van der Waals surface area contributed by atoms with Crippen LogP contribution >= 0.6 is 11.6 Å². The van der Waals surface area contributed by atoms with Gasteiger partial charge in [-0.1, -0.05) is 30.7 Å². The van der Waals surface area contributed by atoms with Crippen LogP contribution in [-0.2, 0) is 5.67 Å². The molecule has 8 nitrogen and oxygen atoms in total. The van der Waals surface area contributed by atoms with Crippen LogP contribution < -0.4 is 20.4 Å². The van der Waals surface area contributed by atoms with E-state index in [1.165, 1.54) is 4.90 Å². The zero-order valence-corrected chi connectivity index (χ0v) is 23.5. The van der Waals surface area contributed by atoms with E-state index in [4.69, 9.17) is 17.3 Å². The number of aromatic nitrogens is 4. The van der Waals surface area contributed by atoms with Crippen LogP contribution in [0.2, 0.25) is 5.02 Å². The van der Waals surface area contributed by atoms with E-state index < -0.39 is 23.6 Å². The molecule has 1 aliphatic heterocycles. The van der Waals surface area contributed by atoms with E-state index in [0.29, 0.717) is 49.0 Å². The number of piperazine rings is 1. The number of hydrogen-bond acceptors (Lipinski definition) is 8. The van der Waals surface area contributed by atoms with Crippen molar-refractivity contribution in [3.63, 3.8) is 0 Å². The number of nitrogens with zero attached hydrogens (tertiary/aromatic N) is 7. The van der Waals surface area contributed by atoms with E-state index in [-0.39, 0.29) is 35.6 Å². The number of halogens is 8. The lowest BCUT2D eigenvalue weighted by molar-refractivity contribution is -0.348. The van der Waals surface area contributed by atoms with E-state index in [0.717, 1.165) is 12.1 Å². The van der Waals surface area contributed by atoms with Crippen LogP contribution in [0.25, 0.3) is 0 Å². The predicted molar refractivity (Wildman–Crippen MR) is 146 cm³/mol. The molecule has 1 aliphatic rings. The summed E-state index contributed by atoms with van der Waals surface area (Å²) in [5.41, 5.74) is -0.962. The van der Waals surface area contributed by atoms with Crippen molar-refractivity contribution >= 4 is 41.0 Å². The van der Waals surface area contributed by atoms with Gasteiger partial charge in [0.25, 0.3) is 0 Å². The lowest BCUT2D eigenvalue weighted by Gasteiger charge is -2.40. The van der Waals surface area contributed by atoms with Gasteiger partial charge in [-0.25, -0.2) is 9.37 Å². The standard InChI is InChI=1S/C26H28ClF7N8/c1-4-15(2)42(18-9-7-17(8-10-18)24(28,25(29,30)31)26(32,33)34)23-38-21(35)37-22(39-23)41-13-12-40(14-16(41)3)20-19(27)6-5-11-36-20/h5-11,15-16H,4,12-14H2,1-3H3,(H2,35,37,38,39). The molecule has 0 spiro atoms. The molecule has 3 heterocycles.